The van der Waals surface area contributed by atoms with Crippen LogP contribution in [-0.2, 0) is 16.1 Å². The van der Waals surface area contributed by atoms with Crippen LogP contribution in [0.25, 0.3) is 0 Å². The summed E-state index contributed by atoms with van der Waals surface area (Å²) in [5, 5.41) is 2.31. The Kier molecular flexibility index (Phi) is 6.29. The van der Waals surface area contributed by atoms with Crippen LogP contribution in [-0.4, -0.2) is 24.0 Å². The number of esters is 1. The van der Waals surface area contributed by atoms with Crippen LogP contribution in [0.15, 0.2) is 47.8 Å². The molecule has 6 nitrogen and oxygen atoms in total. The lowest BCUT2D eigenvalue weighted by Crippen LogP contribution is -2.22. The predicted molar refractivity (Wildman–Crippen MR) is 113 cm³/mol. The number of thiazole rings is 1. The molecule has 150 valence electrons. The molecule has 0 saturated heterocycles. The molecule has 0 aliphatic rings. The van der Waals surface area contributed by atoms with Gasteiger partial charge in [-0.15, -0.1) is 11.3 Å². The molecule has 0 aliphatic carbocycles. The lowest BCUT2D eigenvalue weighted by Gasteiger charge is -2.18. The van der Waals surface area contributed by atoms with Crippen LogP contribution in [0.2, 0.25) is 0 Å². The molecular weight excluding hydrogens is 388 g/mol. The number of aryl methyl sites for hydroxylation is 2. The fraction of sp³-hybridized carbons (Fsp3) is 0.227. The number of ether oxygens (including phenoxy) is 2. The van der Waals surface area contributed by atoms with Crippen molar-refractivity contribution in [2.75, 3.05) is 12.0 Å². The van der Waals surface area contributed by atoms with Crippen molar-refractivity contribution >= 4 is 34.0 Å². The van der Waals surface area contributed by atoms with Crippen LogP contribution < -0.4 is 9.64 Å². The van der Waals surface area contributed by atoms with Crippen molar-refractivity contribution in [2.24, 2.45) is 0 Å². The summed E-state index contributed by atoms with van der Waals surface area (Å²) in [6.07, 6.45) is 0. The first-order chi connectivity index (χ1) is 13.9. The van der Waals surface area contributed by atoms with Crippen molar-refractivity contribution in [1.82, 2.24) is 4.98 Å². The fourth-order valence-electron chi connectivity index (χ4n) is 2.86. The van der Waals surface area contributed by atoms with Gasteiger partial charge in [0.05, 0.1) is 18.5 Å². The Morgan fingerprint density at radius 2 is 1.86 bits per heavy atom. The summed E-state index contributed by atoms with van der Waals surface area (Å²) in [6, 6.07) is 13.0. The van der Waals surface area contributed by atoms with Crippen LogP contribution in [0.3, 0.4) is 0 Å². The van der Waals surface area contributed by atoms with Gasteiger partial charge in [-0.1, -0.05) is 23.8 Å². The molecule has 3 rings (SSSR count). The van der Waals surface area contributed by atoms with E-state index in [1.165, 1.54) is 25.4 Å². The van der Waals surface area contributed by atoms with E-state index in [0.717, 1.165) is 16.8 Å². The average Bonchev–Trinajstić information content (AvgIpc) is 3.14. The summed E-state index contributed by atoms with van der Waals surface area (Å²) in [4.78, 5) is 30.7. The highest BCUT2D eigenvalue weighted by atomic mass is 32.1. The molecule has 0 spiro atoms. The lowest BCUT2D eigenvalue weighted by atomic mass is 10.1. The van der Waals surface area contributed by atoms with Crippen molar-refractivity contribution in [1.29, 1.82) is 0 Å². The third-order valence-electron chi connectivity index (χ3n) is 4.23. The normalized spacial score (nSPS) is 10.5. The molecule has 3 aromatic rings. The molecule has 0 N–H and O–H groups in total. The van der Waals surface area contributed by atoms with Crippen LogP contribution in [0, 0.1) is 13.8 Å². The molecule has 0 fully saturated rings. The van der Waals surface area contributed by atoms with Crippen molar-refractivity contribution in [3.05, 3.63) is 70.2 Å². The fourth-order valence-corrected chi connectivity index (χ4v) is 3.73. The van der Waals surface area contributed by atoms with E-state index < -0.39 is 5.97 Å². The van der Waals surface area contributed by atoms with E-state index in [2.05, 4.69) is 4.98 Å². The minimum absolute atomic E-state index is 0.00594. The van der Waals surface area contributed by atoms with Gasteiger partial charge in [-0.2, -0.15) is 0 Å². The number of anilines is 2. The number of carbonyl (C=O) groups excluding carboxylic acids is 2. The molecule has 1 aromatic heterocycles. The molecule has 0 radical (unpaired) electrons. The lowest BCUT2D eigenvalue weighted by molar-refractivity contribution is -0.115. The van der Waals surface area contributed by atoms with Gasteiger partial charge >= 0.3 is 5.97 Å². The third-order valence-corrected chi connectivity index (χ3v) is 5.11. The molecule has 0 aliphatic heterocycles. The number of benzene rings is 2. The maximum Gasteiger partial charge on any atom is 0.342 e. The summed E-state index contributed by atoms with van der Waals surface area (Å²) < 4.78 is 10.6. The molecule has 1 amide bonds. The van der Waals surface area contributed by atoms with Crippen LogP contribution in [0.4, 0.5) is 10.8 Å². The molecule has 7 heteroatoms. The van der Waals surface area contributed by atoms with E-state index in [4.69, 9.17) is 9.47 Å². The monoisotopic (exact) mass is 410 g/mol. The number of hydrogen-bond acceptors (Lipinski definition) is 6. The highest BCUT2D eigenvalue weighted by Gasteiger charge is 2.19. The van der Waals surface area contributed by atoms with Crippen molar-refractivity contribution in [3.63, 3.8) is 0 Å². The molecule has 1 heterocycles. The van der Waals surface area contributed by atoms with Gasteiger partial charge in [0.25, 0.3) is 0 Å². The zero-order chi connectivity index (χ0) is 21.0. The minimum atomic E-state index is -0.484. The van der Waals surface area contributed by atoms with Gasteiger partial charge in [0.1, 0.15) is 17.9 Å². The zero-order valence-electron chi connectivity index (χ0n) is 16.8. The van der Waals surface area contributed by atoms with E-state index >= 15 is 0 Å². The Bertz CT molecular complexity index is 1040. The summed E-state index contributed by atoms with van der Waals surface area (Å²) in [5.41, 5.74) is 3.67. The van der Waals surface area contributed by atoms with Crippen molar-refractivity contribution in [2.45, 2.75) is 27.4 Å². The van der Waals surface area contributed by atoms with Gasteiger partial charge < -0.3 is 9.47 Å². The third kappa shape index (κ3) is 4.81. The number of amides is 1. The maximum atomic E-state index is 12.5. The second-order valence-electron chi connectivity index (χ2n) is 6.59. The summed E-state index contributed by atoms with van der Waals surface area (Å²) in [6.45, 7) is 5.36. The van der Waals surface area contributed by atoms with Crippen LogP contribution >= 0.6 is 11.3 Å². The number of hydrogen-bond donors (Lipinski definition) is 0. The quantitative estimate of drug-likeness (QED) is 0.546. The summed E-state index contributed by atoms with van der Waals surface area (Å²) >= 11 is 1.32. The van der Waals surface area contributed by atoms with E-state index in [0.29, 0.717) is 22.1 Å². The Hall–Kier alpha value is -3.19. The number of aromatic nitrogens is 1. The average molecular weight is 410 g/mol. The highest BCUT2D eigenvalue weighted by Crippen LogP contribution is 2.30. The Morgan fingerprint density at radius 1 is 1.10 bits per heavy atom. The standard InChI is InChI=1S/C22H22N2O4S/c1-14-6-5-7-18(10-14)24(16(3)25)22-23-17(13-29-22)12-28-21(26)19-11-15(2)8-9-20(19)27-4/h5-11,13H,12H2,1-4H3. The SMILES string of the molecule is COc1ccc(C)cc1C(=O)OCc1csc(N(C(C)=O)c2cccc(C)c2)n1. The second kappa shape index (κ2) is 8.87. The van der Waals surface area contributed by atoms with Gasteiger partial charge in [-0.05, 0) is 43.7 Å². The van der Waals surface area contributed by atoms with E-state index in [1.54, 1.807) is 22.4 Å². The smallest absolute Gasteiger partial charge is 0.342 e. The first-order valence-electron chi connectivity index (χ1n) is 9.02. The number of carbonyl (C=O) groups is 2. The van der Waals surface area contributed by atoms with Crippen LogP contribution in [0.1, 0.15) is 34.1 Å². The molecule has 0 unspecified atom stereocenters. The zero-order valence-corrected chi connectivity index (χ0v) is 17.6. The first kappa shape index (κ1) is 20.5. The summed E-state index contributed by atoms with van der Waals surface area (Å²) in [5.74, 6) is -0.165. The molecular formula is C22H22N2O4S. The number of rotatable bonds is 6. The highest BCUT2D eigenvalue weighted by molar-refractivity contribution is 7.14. The maximum absolute atomic E-state index is 12.5. The van der Waals surface area contributed by atoms with Gasteiger partial charge in [0.2, 0.25) is 5.91 Å². The summed E-state index contributed by atoms with van der Waals surface area (Å²) in [7, 11) is 1.51. The number of methoxy groups -OCH3 is 1. The molecule has 29 heavy (non-hydrogen) atoms. The topological polar surface area (TPSA) is 68.7 Å². The second-order valence-corrected chi connectivity index (χ2v) is 7.43. The van der Waals surface area contributed by atoms with E-state index in [1.807, 2.05) is 44.2 Å². The van der Waals surface area contributed by atoms with Crippen LogP contribution in [0.5, 0.6) is 5.75 Å². The van der Waals surface area contributed by atoms with Crippen molar-refractivity contribution < 1.29 is 19.1 Å². The molecule has 0 atom stereocenters. The predicted octanol–water partition coefficient (Wildman–Crippen LogP) is 4.81. The molecule has 0 bridgehead atoms. The number of nitrogens with zero attached hydrogens (tertiary/aromatic N) is 2. The van der Waals surface area contributed by atoms with E-state index in [-0.39, 0.29) is 12.5 Å². The first-order valence-corrected chi connectivity index (χ1v) is 9.90. The molecule has 0 saturated carbocycles. The Morgan fingerprint density at radius 3 is 2.55 bits per heavy atom. The van der Waals surface area contributed by atoms with Gasteiger partial charge in [0, 0.05) is 12.3 Å². The largest absolute Gasteiger partial charge is 0.496 e. The van der Waals surface area contributed by atoms with Crippen molar-refractivity contribution in [3.8, 4) is 5.75 Å². The van der Waals surface area contributed by atoms with E-state index in [9.17, 15) is 9.59 Å². The van der Waals surface area contributed by atoms with Gasteiger partial charge in [0.15, 0.2) is 5.13 Å². The molecule has 2 aromatic carbocycles. The van der Waals surface area contributed by atoms with Gasteiger partial charge in [-0.25, -0.2) is 9.78 Å². The minimum Gasteiger partial charge on any atom is -0.496 e. The Balaban J connectivity index is 1.75. The Labute approximate surface area is 173 Å². The van der Waals surface area contributed by atoms with Gasteiger partial charge in [-0.3, -0.25) is 9.69 Å².